The molecule has 0 aliphatic carbocycles. The molecule has 0 spiro atoms. The second kappa shape index (κ2) is 10.6. The highest BCUT2D eigenvalue weighted by molar-refractivity contribution is 7.99. The summed E-state index contributed by atoms with van der Waals surface area (Å²) in [7, 11) is 1.14. The van der Waals surface area contributed by atoms with E-state index in [9.17, 15) is 24.8 Å². The maximum atomic E-state index is 12.2. The van der Waals surface area contributed by atoms with Crippen LogP contribution in [0, 0.1) is 10.1 Å². The number of nitro groups is 1. The molecule has 0 amide bonds. The van der Waals surface area contributed by atoms with Crippen LogP contribution >= 0.6 is 11.8 Å². The van der Waals surface area contributed by atoms with E-state index >= 15 is 0 Å². The topological polar surface area (TPSA) is 116 Å². The van der Waals surface area contributed by atoms with Crippen molar-refractivity contribution in [2.75, 3.05) is 7.11 Å². The van der Waals surface area contributed by atoms with Crippen LogP contribution in [0.1, 0.15) is 21.2 Å². The first-order valence-electron chi connectivity index (χ1n) is 9.44. The minimum absolute atomic E-state index is 0.145. The molecule has 0 saturated heterocycles. The fraction of sp³-hybridized carbons (Fsp3) is 0.130. The molecule has 0 aromatic heterocycles. The van der Waals surface area contributed by atoms with Crippen molar-refractivity contribution in [2.45, 2.75) is 16.2 Å². The molecule has 1 N–H and O–H groups in total. The molecule has 2 unspecified atom stereocenters. The van der Waals surface area contributed by atoms with Gasteiger partial charge in [-0.3, -0.25) is 10.1 Å². The maximum absolute atomic E-state index is 12.2. The molecule has 2 atom stereocenters. The van der Waals surface area contributed by atoms with Crippen molar-refractivity contribution in [3.05, 3.63) is 100 Å². The van der Waals surface area contributed by atoms with Crippen molar-refractivity contribution in [3.63, 3.8) is 0 Å². The van der Waals surface area contributed by atoms with E-state index in [1.165, 1.54) is 30.3 Å². The van der Waals surface area contributed by atoms with Gasteiger partial charge in [0.05, 0.1) is 27.7 Å². The van der Waals surface area contributed by atoms with Crippen molar-refractivity contribution < 1.29 is 29.1 Å². The Balaban J connectivity index is 1.86. The summed E-state index contributed by atoms with van der Waals surface area (Å²) in [5, 5.41) is 21.0. The first kappa shape index (κ1) is 23.0. The Morgan fingerprint density at radius 1 is 0.969 bits per heavy atom. The van der Waals surface area contributed by atoms with Crippen molar-refractivity contribution in [1.29, 1.82) is 0 Å². The van der Waals surface area contributed by atoms with Gasteiger partial charge in [-0.1, -0.05) is 42.5 Å². The lowest BCUT2D eigenvalue weighted by Gasteiger charge is -2.21. The molecule has 0 fully saturated rings. The summed E-state index contributed by atoms with van der Waals surface area (Å²) in [6.07, 6.45) is -1.58. The lowest BCUT2D eigenvalue weighted by molar-refractivity contribution is -0.387. The van der Waals surface area contributed by atoms with Crippen LogP contribution in [-0.4, -0.2) is 35.2 Å². The largest absolute Gasteiger partial charge is 0.467 e. The molecule has 3 rings (SSSR count). The molecule has 0 aliphatic heterocycles. The van der Waals surface area contributed by atoms with Gasteiger partial charge in [0.15, 0.2) is 6.10 Å². The maximum Gasteiger partial charge on any atom is 0.343 e. The molecule has 9 heteroatoms. The molecule has 3 aromatic carbocycles. The van der Waals surface area contributed by atoms with Crippen LogP contribution in [0.4, 0.5) is 5.69 Å². The quantitative estimate of drug-likeness (QED) is 0.178. The number of ether oxygens (including phenoxy) is 2. The van der Waals surface area contributed by atoms with Gasteiger partial charge in [-0.2, -0.15) is 0 Å². The smallest absolute Gasteiger partial charge is 0.343 e. The normalized spacial score (nSPS) is 12.4. The third-order valence-electron chi connectivity index (χ3n) is 4.47. The lowest BCUT2D eigenvalue weighted by Crippen LogP contribution is -2.27. The monoisotopic (exact) mass is 453 g/mol. The first-order chi connectivity index (χ1) is 15.4. The molecule has 8 nitrogen and oxygen atoms in total. The Bertz CT molecular complexity index is 1100. The molecule has 3 aromatic rings. The Hall–Kier alpha value is -3.69. The van der Waals surface area contributed by atoms with Gasteiger partial charge in [0, 0.05) is 6.07 Å². The van der Waals surface area contributed by atoms with Crippen LogP contribution in [0.5, 0.6) is 5.75 Å². The highest BCUT2D eigenvalue weighted by Gasteiger charge is 2.31. The van der Waals surface area contributed by atoms with E-state index < -0.39 is 28.2 Å². The van der Waals surface area contributed by atoms with Crippen LogP contribution in [0.3, 0.4) is 0 Å². The zero-order chi connectivity index (χ0) is 23.1. The zero-order valence-corrected chi connectivity index (χ0v) is 17.7. The number of hydrogen-bond donors (Lipinski definition) is 1. The van der Waals surface area contributed by atoms with Gasteiger partial charge in [0.2, 0.25) is 0 Å². The molecule has 0 aliphatic rings. The highest BCUT2D eigenvalue weighted by atomic mass is 32.2. The molecule has 0 radical (unpaired) electrons. The van der Waals surface area contributed by atoms with Crippen LogP contribution in [-0.2, 0) is 9.53 Å². The van der Waals surface area contributed by atoms with Crippen LogP contribution in [0.15, 0.2) is 83.8 Å². The standard InChI is InChI=1S/C23H19NO7S/c1-30-23(27)20(25)21(32-19-10-6-5-9-18(19)24(28)29)15-11-13-17(14-12-15)31-22(26)16-7-3-2-4-8-16/h2-14,20-21,25H,1H3. The number of hydrogen-bond acceptors (Lipinski definition) is 8. The first-order valence-corrected chi connectivity index (χ1v) is 10.3. The van der Waals surface area contributed by atoms with Gasteiger partial charge in [-0.15, -0.1) is 11.8 Å². The number of aliphatic hydroxyl groups excluding tert-OH is 1. The second-order valence-electron chi connectivity index (χ2n) is 6.56. The number of nitro benzene ring substituents is 1. The molecule has 0 heterocycles. The number of esters is 2. The van der Waals surface area contributed by atoms with Crippen LogP contribution in [0.25, 0.3) is 0 Å². The van der Waals surface area contributed by atoms with E-state index in [2.05, 4.69) is 4.74 Å². The van der Waals surface area contributed by atoms with E-state index in [0.29, 0.717) is 11.1 Å². The van der Waals surface area contributed by atoms with E-state index in [0.717, 1.165) is 18.9 Å². The summed E-state index contributed by atoms with van der Waals surface area (Å²) in [5.41, 5.74) is 0.737. The number of carbonyl (C=O) groups excluding carboxylic acids is 2. The van der Waals surface area contributed by atoms with Gasteiger partial charge in [-0.05, 0) is 35.9 Å². The average molecular weight is 453 g/mol. The Kier molecular flexibility index (Phi) is 7.58. The molecule has 164 valence electrons. The van der Waals surface area contributed by atoms with Crippen molar-refractivity contribution in [3.8, 4) is 5.75 Å². The third-order valence-corrected chi connectivity index (χ3v) is 5.86. The number of benzene rings is 3. The van der Waals surface area contributed by atoms with Crippen LogP contribution < -0.4 is 4.74 Å². The molecule has 0 saturated carbocycles. The SMILES string of the molecule is COC(=O)C(O)C(Sc1ccccc1[N+](=O)[O-])c1ccc(OC(=O)c2ccccc2)cc1. The van der Waals surface area contributed by atoms with Gasteiger partial charge in [-0.25, -0.2) is 9.59 Å². The van der Waals surface area contributed by atoms with Crippen molar-refractivity contribution in [2.24, 2.45) is 0 Å². The highest BCUT2D eigenvalue weighted by Crippen LogP contribution is 2.42. The third kappa shape index (κ3) is 5.51. The minimum atomic E-state index is -1.58. The number of methoxy groups -OCH3 is 1. The number of para-hydroxylation sites is 1. The van der Waals surface area contributed by atoms with Gasteiger partial charge in [0.25, 0.3) is 5.69 Å². The Labute approximate surface area is 187 Å². The summed E-state index contributed by atoms with van der Waals surface area (Å²) >= 11 is 0.965. The Morgan fingerprint density at radius 2 is 1.59 bits per heavy atom. The van der Waals surface area contributed by atoms with Crippen molar-refractivity contribution >= 4 is 29.4 Å². The molecule has 0 bridgehead atoms. The van der Waals surface area contributed by atoms with Gasteiger partial charge in [0.1, 0.15) is 5.75 Å². The van der Waals surface area contributed by atoms with E-state index in [4.69, 9.17) is 4.74 Å². The number of rotatable bonds is 8. The number of aliphatic hydroxyl groups is 1. The molecular weight excluding hydrogens is 434 g/mol. The predicted octanol–water partition coefficient (Wildman–Crippen LogP) is 4.18. The van der Waals surface area contributed by atoms with Crippen LogP contribution in [0.2, 0.25) is 0 Å². The summed E-state index contributed by atoms with van der Waals surface area (Å²) in [6, 6.07) is 20.7. The van der Waals surface area contributed by atoms with Gasteiger partial charge < -0.3 is 14.6 Å². The minimum Gasteiger partial charge on any atom is -0.467 e. The number of nitrogens with zero attached hydrogens (tertiary/aromatic N) is 1. The zero-order valence-electron chi connectivity index (χ0n) is 16.9. The second-order valence-corrected chi connectivity index (χ2v) is 7.74. The fourth-order valence-corrected chi connectivity index (χ4v) is 4.10. The van der Waals surface area contributed by atoms with Crippen molar-refractivity contribution in [1.82, 2.24) is 0 Å². The van der Waals surface area contributed by atoms with Gasteiger partial charge >= 0.3 is 11.9 Å². The molecule has 32 heavy (non-hydrogen) atoms. The fourth-order valence-electron chi connectivity index (χ4n) is 2.87. The van der Waals surface area contributed by atoms with E-state index in [1.54, 1.807) is 48.5 Å². The van der Waals surface area contributed by atoms with E-state index in [-0.39, 0.29) is 16.3 Å². The summed E-state index contributed by atoms with van der Waals surface area (Å²) in [5.74, 6) is -1.14. The van der Waals surface area contributed by atoms with E-state index in [1.807, 2.05) is 0 Å². The average Bonchev–Trinajstić information content (AvgIpc) is 2.83. The number of carbonyl (C=O) groups is 2. The number of thioether (sulfide) groups is 1. The Morgan fingerprint density at radius 3 is 2.22 bits per heavy atom. The summed E-state index contributed by atoms with van der Waals surface area (Å²) in [4.78, 5) is 35.3. The lowest BCUT2D eigenvalue weighted by atomic mass is 10.1. The summed E-state index contributed by atoms with van der Waals surface area (Å²) in [6.45, 7) is 0. The molecular formula is C23H19NO7S. The predicted molar refractivity (Wildman–Crippen MR) is 118 cm³/mol. The summed E-state index contributed by atoms with van der Waals surface area (Å²) < 4.78 is 9.99.